The summed E-state index contributed by atoms with van der Waals surface area (Å²) in [5, 5.41) is 8.60. The van der Waals surface area contributed by atoms with E-state index in [0.29, 0.717) is 5.76 Å². The van der Waals surface area contributed by atoms with Gasteiger partial charge in [-0.2, -0.15) is 0 Å². The molecule has 0 unspecified atom stereocenters. The van der Waals surface area contributed by atoms with E-state index in [1.807, 2.05) is 24.3 Å². The van der Waals surface area contributed by atoms with Crippen molar-refractivity contribution >= 4 is 5.97 Å². The van der Waals surface area contributed by atoms with E-state index in [4.69, 9.17) is 9.52 Å². The summed E-state index contributed by atoms with van der Waals surface area (Å²) in [6.45, 7) is 0. The van der Waals surface area contributed by atoms with Crippen molar-refractivity contribution in [2.75, 3.05) is 0 Å². The van der Waals surface area contributed by atoms with E-state index in [1.54, 1.807) is 0 Å². The van der Waals surface area contributed by atoms with Crippen molar-refractivity contribution in [1.29, 1.82) is 0 Å². The standard InChI is InChI=1S/C10H8O3/c11-10(12)6-9-8-3-1-2-7(8)4-5-13-9/h1-5H,6H2,(H,11,12). The van der Waals surface area contributed by atoms with Crippen LogP contribution in [0.1, 0.15) is 5.76 Å². The zero-order chi connectivity index (χ0) is 9.26. The fourth-order valence-electron chi connectivity index (χ4n) is 1.36. The second kappa shape index (κ2) is 2.94. The van der Waals surface area contributed by atoms with Crippen molar-refractivity contribution in [3.8, 4) is 11.1 Å². The fraction of sp³-hybridized carbons (Fsp3) is 0.100. The third-order valence-corrected chi connectivity index (χ3v) is 1.92. The fourth-order valence-corrected chi connectivity index (χ4v) is 1.36. The number of hydrogen-bond acceptors (Lipinski definition) is 2. The average molecular weight is 176 g/mol. The predicted molar refractivity (Wildman–Crippen MR) is 46.7 cm³/mol. The van der Waals surface area contributed by atoms with Gasteiger partial charge in [-0.25, -0.2) is 0 Å². The molecule has 13 heavy (non-hydrogen) atoms. The van der Waals surface area contributed by atoms with Gasteiger partial charge in [-0.1, -0.05) is 18.2 Å². The van der Waals surface area contributed by atoms with Crippen LogP contribution in [0.4, 0.5) is 0 Å². The molecule has 0 radical (unpaired) electrons. The molecule has 2 aliphatic rings. The lowest BCUT2D eigenvalue weighted by Crippen LogP contribution is -2.01. The number of rotatable bonds is 2. The molecule has 0 bridgehead atoms. The van der Waals surface area contributed by atoms with Crippen LogP contribution in [-0.4, -0.2) is 11.1 Å². The van der Waals surface area contributed by atoms with Gasteiger partial charge in [0.1, 0.15) is 12.2 Å². The molecule has 1 aliphatic carbocycles. The molecule has 0 atom stereocenters. The topological polar surface area (TPSA) is 50.4 Å². The third kappa shape index (κ3) is 1.40. The van der Waals surface area contributed by atoms with Gasteiger partial charge in [-0.3, -0.25) is 4.79 Å². The normalized spacial score (nSPS) is 10.5. The van der Waals surface area contributed by atoms with E-state index in [9.17, 15) is 4.79 Å². The number of carboxylic acid groups (broad SMARTS) is 1. The van der Waals surface area contributed by atoms with Gasteiger partial charge in [0.05, 0.1) is 6.26 Å². The van der Waals surface area contributed by atoms with Gasteiger partial charge in [0, 0.05) is 5.56 Å². The monoisotopic (exact) mass is 176 g/mol. The maximum absolute atomic E-state index is 10.5. The number of carbonyl (C=O) groups is 1. The Balaban J connectivity index is 2.46. The lowest BCUT2D eigenvalue weighted by atomic mass is 10.1. The summed E-state index contributed by atoms with van der Waals surface area (Å²) in [5.41, 5.74) is 1.90. The molecule has 0 saturated heterocycles. The number of carboxylic acids is 1. The summed E-state index contributed by atoms with van der Waals surface area (Å²) in [6, 6.07) is 7.49. The second-order valence-electron chi connectivity index (χ2n) is 2.81. The van der Waals surface area contributed by atoms with Crippen LogP contribution in [-0.2, 0) is 11.2 Å². The molecule has 66 valence electrons. The Hall–Kier alpha value is -1.77. The first-order valence-corrected chi connectivity index (χ1v) is 3.94. The molecule has 0 aromatic carbocycles. The van der Waals surface area contributed by atoms with E-state index < -0.39 is 5.97 Å². The smallest absolute Gasteiger partial charge is 0.311 e. The van der Waals surface area contributed by atoms with E-state index in [1.165, 1.54) is 6.26 Å². The minimum absolute atomic E-state index is 0.0681. The minimum Gasteiger partial charge on any atom is -0.481 e. The highest BCUT2D eigenvalue weighted by atomic mass is 16.4. The van der Waals surface area contributed by atoms with Crippen LogP contribution in [0.5, 0.6) is 0 Å². The van der Waals surface area contributed by atoms with Crippen molar-refractivity contribution < 1.29 is 14.3 Å². The number of fused-ring (bicyclic) bond motifs is 1. The highest BCUT2D eigenvalue weighted by molar-refractivity contribution is 5.75. The third-order valence-electron chi connectivity index (χ3n) is 1.92. The summed E-state index contributed by atoms with van der Waals surface area (Å²) >= 11 is 0. The van der Waals surface area contributed by atoms with Gasteiger partial charge in [0.15, 0.2) is 0 Å². The van der Waals surface area contributed by atoms with E-state index >= 15 is 0 Å². The maximum Gasteiger partial charge on any atom is 0.311 e. The largest absolute Gasteiger partial charge is 0.481 e. The Morgan fingerprint density at radius 2 is 2.23 bits per heavy atom. The van der Waals surface area contributed by atoms with Crippen LogP contribution >= 0.6 is 0 Å². The Morgan fingerprint density at radius 1 is 1.38 bits per heavy atom. The van der Waals surface area contributed by atoms with E-state index in [-0.39, 0.29) is 6.42 Å². The molecule has 2 rings (SSSR count). The first-order valence-electron chi connectivity index (χ1n) is 3.94. The van der Waals surface area contributed by atoms with Crippen molar-refractivity contribution in [1.82, 2.24) is 0 Å². The van der Waals surface area contributed by atoms with Crippen LogP contribution in [0, 0.1) is 0 Å². The van der Waals surface area contributed by atoms with Crippen molar-refractivity contribution in [3.63, 3.8) is 0 Å². The van der Waals surface area contributed by atoms with Crippen molar-refractivity contribution in [2.45, 2.75) is 6.42 Å². The Labute approximate surface area is 74.9 Å². The molecule has 0 saturated carbocycles. The molecule has 0 amide bonds. The van der Waals surface area contributed by atoms with Crippen LogP contribution in [0.15, 0.2) is 34.9 Å². The first kappa shape index (κ1) is 7.86. The lowest BCUT2D eigenvalue weighted by Gasteiger charge is -2.03. The molecular weight excluding hydrogens is 168 g/mol. The molecule has 0 aromatic rings. The highest BCUT2D eigenvalue weighted by Crippen LogP contribution is 2.26. The first-order chi connectivity index (χ1) is 6.27. The molecule has 3 nitrogen and oxygen atoms in total. The zero-order valence-electron chi connectivity index (χ0n) is 6.86. The molecule has 1 heterocycles. The van der Waals surface area contributed by atoms with Crippen LogP contribution < -0.4 is 0 Å². The highest BCUT2D eigenvalue weighted by Gasteiger charge is 2.12. The Morgan fingerprint density at radius 3 is 3.00 bits per heavy atom. The summed E-state index contributed by atoms with van der Waals surface area (Å²) in [7, 11) is 0. The van der Waals surface area contributed by atoms with Gasteiger partial charge in [-0.15, -0.1) is 0 Å². The van der Waals surface area contributed by atoms with Gasteiger partial charge in [0.2, 0.25) is 0 Å². The summed E-state index contributed by atoms with van der Waals surface area (Å²) < 4.78 is 5.13. The quantitative estimate of drug-likeness (QED) is 0.761. The minimum atomic E-state index is -0.877. The van der Waals surface area contributed by atoms with E-state index in [2.05, 4.69) is 0 Å². The van der Waals surface area contributed by atoms with Gasteiger partial charge >= 0.3 is 5.97 Å². The zero-order valence-corrected chi connectivity index (χ0v) is 6.86. The maximum atomic E-state index is 10.5. The van der Waals surface area contributed by atoms with Crippen LogP contribution in [0.25, 0.3) is 11.1 Å². The van der Waals surface area contributed by atoms with Crippen LogP contribution in [0.2, 0.25) is 0 Å². The lowest BCUT2D eigenvalue weighted by molar-refractivity contribution is -0.136. The van der Waals surface area contributed by atoms with Crippen LogP contribution in [0.3, 0.4) is 0 Å². The molecule has 0 spiro atoms. The second-order valence-corrected chi connectivity index (χ2v) is 2.81. The van der Waals surface area contributed by atoms with Gasteiger partial charge in [0.25, 0.3) is 0 Å². The number of aliphatic carboxylic acids is 1. The molecule has 3 heteroatoms. The van der Waals surface area contributed by atoms with Crippen molar-refractivity contribution in [2.24, 2.45) is 0 Å². The molecule has 1 aliphatic heterocycles. The average Bonchev–Trinajstić information content (AvgIpc) is 2.51. The summed E-state index contributed by atoms with van der Waals surface area (Å²) in [6.07, 6.45) is 1.45. The molecule has 0 aromatic heterocycles. The summed E-state index contributed by atoms with van der Waals surface area (Å²) in [4.78, 5) is 10.5. The van der Waals surface area contributed by atoms with Gasteiger partial charge < -0.3 is 9.52 Å². The van der Waals surface area contributed by atoms with Crippen molar-refractivity contribution in [3.05, 3.63) is 36.3 Å². The predicted octanol–water partition coefficient (Wildman–Crippen LogP) is 2.01. The molecule has 0 fully saturated rings. The number of hydrogen-bond donors (Lipinski definition) is 1. The Bertz CT molecular complexity index is 403. The SMILES string of the molecule is O=C(O)Cc1occc2cccc1-2. The molecule has 1 N–H and O–H groups in total. The molecular formula is C10H8O3. The Kier molecular flexibility index (Phi) is 1.77. The summed E-state index contributed by atoms with van der Waals surface area (Å²) in [5.74, 6) is -0.368. The van der Waals surface area contributed by atoms with E-state index in [0.717, 1.165) is 11.1 Å². The van der Waals surface area contributed by atoms with Gasteiger partial charge in [-0.05, 0) is 11.6 Å².